The Hall–Kier alpha value is -2.07. The molecule has 0 saturated carbocycles. The van der Waals surface area contributed by atoms with E-state index in [4.69, 9.17) is 0 Å². The van der Waals surface area contributed by atoms with E-state index < -0.39 is 0 Å². The molecule has 2 aliphatic rings. The molecule has 2 atom stereocenters. The summed E-state index contributed by atoms with van der Waals surface area (Å²) in [5.41, 5.74) is 0.403. The van der Waals surface area contributed by atoms with Crippen molar-refractivity contribution in [2.75, 3.05) is 25.5 Å². The summed E-state index contributed by atoms with van der Waals surface area (Å²) in [7, 11) is 2.15. The van der Waals surface area contributed by atoms with Gasteiger partial charge in [-0.3, -0.25) is 14.9 Å². The van der Waals surface area contributed by atoms with Gasteiger partial charge in [-0.2, -0.15) is 10.4 Å². The standard InChI is InChI=1S/C16H24N6O/c1-11(2)22-9-12(8-17)15(19-22)18-16(23)21-7-6-13-4-5-14(10-21)20(13)3/h9,11,13-14H,4-7,10H2,1-3H3,(H,18,19,23). The first-order chi connectivity index (χ1) is 11.0. The average molecular weight is 316 g/mol. The Balaban J connectivity index is 1.71. The first-order valence-corrected chi connectivity index (χ1v) is 8.26. The number of aromatic nitrogens is 2. The first kappa shape index (κ1) is 15.8. The molecule has 2 amide bonds. The number of hydrogen-bond donors (Lipinski definition) is 1. The van der Waals surface area contributed by atoms with E-state index >= 15 is 0 Å². The molecule has 23 heavy (non-hydrogen) atoms. The lowest BCUT2D eigenvalue weighted by molar-refractivity contribution is 0.200. The Labute approximate surface area is 136 Å². The van der Waals surface area contributed by atoms with Gasteiger partial charge >= 0.3 is 6.03 Å². The number of carbonyl (C=O) groups is 1. The molecule has 2 fully saturated rings. The van der Waals surface area contributed by atoms with E-state index in [1.54, 1.807) is 10.9 Å². The topological polar surface area (TPSA) is 77.2 Å². The van der Waals surface area contributed by atoms with E-state index in [1.807, 2.05) is 18.7 Å². The number of likely N-dealkylation sites (tertiary alicyclic amines) is 1. The second-order valence-electron chi connectivity index (χ2n) is 6.79. The Bertz CT molecular complexity index is 631. The average Bonchev–Trinajstić information content (AvgIpc) is 3.00. The van der Waals surface area contributed by atoms with Crippen molar-refractivity contribution in [3.63, 3.8) is 0 Å². The maximum Gasteiger partial charge on any atom is 0.323 e. The normalized spacial score (nSPS) is 24.6. The molecule has 2 unspecified atom stereocenters. The lowest BCUT2D eigenvalue weighted by Crippen LogP contribution is -2.41. The van der Waals surface area contributed by atoms with E-state index in [-0.39, 0.29) is 12.1 Å². The molecule has 124 valence electrons. The zero-order chi connectivity index (χ0) is 16.6. The third-order valence-electron chi connectivity index (χ3n) is 5.04. The number of nitrogens with zero attached hydrogens (tertiary/aromatic N) is 5. The highest BCUT2D eigenvalue weighted by atomic mass is 16.2. The summed E-state index contributed by atoms with van der Waals surface area (Å²) in [6, 6.07) is 3.13. The van der Waals surface area contributed by atoms with Crippen LogP contribution >= 0.6 is 0 Å². The maximum atomic E-state index is 12.6. The lowest BCUT2D eigenvalue weighted by Gasteiger charge is -2.25. The van der Waals surface area contributed by atoms with Gasteiger partial charge in [-0.05, 0) is 40.2 Å². The number of amides is 2. The number of urea groups is 1. The molecule has 0 radical (unpaired) electrons. The predicted molar refractivity (Wildman–Crippen MR) is 87.1 cm³/mol. The van der Waals surface area contributed by atoms with Crippen LogP contribution in [0.25, 0.3) is 0 Å². The van der Waals surface area contributed by atoms with Crippen LogP contribution in [0.2, 0.25) is 0 Å². The summed E-state index contributed by atoms with van der Waals surface area (Å²) < 4.78 is 1.70. The number of carbonyl (C=O) groups excluding carboxylic acids is 1. The molecular formula is C16H24N6O. The van der Waals surface area contributed by atoms with E-state index in [2.05, 4.69) is 28.4 Å². The van der Waals surface area contributed by atoms with Crippen LogP contribution in [0.1, 0.15) is 44.7 Å². The minimum atomic E-state index is -0.156. The third kappa shape index (κ3) is 3.04. The predicted octanol–water partition coefficient (Wildman–Crippen LogP) is 2.04. The van der Waals surface area contributed by atoms with Gasteiger partial charge in [-0.25, -0.2) is 4.79 Å². The number of nitrogens with one attached hydrogen (secondary N) is 1. The minimum absolute atomic E-state index is 0.148. The third-order valence-corrected chi connectivity index (χ3v) is 5.04. The maximum absolute atomic E-state index is 12.6. The fourth-order valence-electron chi connectivity index (χ4n) is 3.50. The molecule has 2 bridgehead atoms. The number of fused-ring (bicyclic) bond motifs is 2. The highest BCUT2D eigenvalue weighted by Gasteiger charge is 2.36. The summed E-state index contributed by atoms with van der Waals surface area (Å²) in [4.78, 5) is 16.8. The van der Waals surface area contributed by atoms with Crippen LogP contribution in [0.5, 0.6) is 0 Å². The quantitative estimate of drug-likeness (QED) is 0.905. The van der Waals surface area contributed by atoms with Gasteiger partial charge in [0.1, 0.15) is 11.6 Å². The van der Waals surface area contributed by atoms with Gasteiger partial charge in [0.05, 0.1) is 0 Å². The van der Waals surface area contributed by atoms with Crippen LogP contribution in [-0.2, 0) is 0 Å². The molecule has 2 saturated heterocycles. The van der Waals surface area contributed by atoms with Gasteiger partial charge in [0, 0.05) is 37.4 Å². The minimum Gasteiger partial charge on any atom is -0.323 e. The van der Waals surface area contributed by atoms with Crippen molar-refractivity contribution in [3.05, 3.63) is 11.8 Å². The smallest absolute Gasteiger partial charge is 0.323 e. The van der Waals surface area contributed by atoms with Crippen LogP contribution in [0, 0.1) is 11.3 Å². The summed E-state index contributed by atoms with van der Waals surface area (Å²) in [6.45, 7) is 5.47. The molecule has 3 heterocycles. The first-order valence-electron chi connectivity index (χ1n) is 8.26. The van der Waals surface area contributed by atoms with Crippen LogP contribution in [0.15, 0.2) is 6.20 Å². The van der Waals surface area contributed by atoms with Crippen molar-refractivity contribution in [1.29, 1.82) is 5.26 Å². The van der Waals surface area contributed by atoms with Crippen molar-refractivity contribution < 1.29 is 4.79 Å². The lowest BCUT2D eigenvalue weighted by atomic mass is 10.1. The summed E-state index contributed by atoms with van der Waals surface area (Å²) in [6.07, 6.45) is 5.06. The van der Waals surface area contributed by atoms with Crippen molar-refractivity contribution in [1.82, 2.24) is 19.6 Å². The molecule has 3 rings (SSSR count). The van der Waals surface area contributed by atoms with Crippen molar-refractivity contribution in [2.24, 2.45) is 0 Å². The summed E-state index contributed by atoms with van der Waals surface area (Å²) in [5.74, 6) is 0.356. The van der Waals surface area contributed by atoms with Gasteiger partial charge in [0.2, 0.25) is 0 Å². The molecule has 1 aromatic heterocycles. The summed E-state index contributed by atoms with van der Waals surface area (Å²) >= 11 is 0. The van der Waals surface area contributed by atoms with Crippen molar-refractivity contribution >= 4 is 11.8 Å². The van der Waals surface area contributed by atoms with E-state index in [1.165, 1.54) is 6.42 Å². The number of rotatable bonds is 2. The van der Waals surface area contributed by atoms with Crippen LogP contribution < -0.4 is 5.32 Å². The van der Waals surface area contributed by atoms with Gasteiger partial charge in [0.15, 0.2) is 5.82 Å². The highest BCUT2D eigenvalue weighted by molar-refractivity contribution is 5.89. The van der Waals surface area contributed by atoms with Crippen LogP contribution in [0.4, 0.5) is 10.6 Å². The van der Waals surface area contributed by atoms with E-state index in [9.17, 15) is 10.1 Å². The fourth-order valence-corrected chi connectivity index (χ4v) is 3.50. The molecular weight excluding hydrogens is 292 g/mol. The van der Waals surface area contributed by atoms with Gasteiger partial charge in [-0.15, -0.1) is 0 Å². The molecule has 7 heteroatoms. The molecule has 0 spiro atoms. The number of likely N-dealkylation sites (N-methyl/N-ethyl adjacent to an activating group) is 1. The Morgan fingerprint density at radius 1 is 1.39 bits per heavy atom. The number of nitriles is 1. The highest BCUT2D eigenvalue weighted by Crippen LogP contribution is 2.28. The van der Waals surface area contributed by atoms with Gasteiger partial charge < -0.3 is 4.90 Å². The molecule has 1 N–H and O–H groups in total. The molecule has 2 aliphatic heterocycles. The molecule has 0 aromatic carbocycles. The van der Waals surface area contributed by atoms with Crippen LogP contribution in [-0.4, -0.2) is 57.8 Å². The van der Waals surface area contributed by atoms with Crippen molar-refractivity contribution in [2.45, 2.75) is 51.2 Å². The Morgan fingerprint density at radius 2 is 2.13 bits per heavy atom. The second kappa shape index (κ2) is 6.20. The van der Waals surface area contributed by atoms with Crippen molar-refractivity contribution in [3.8, 4) is 6.07 Å². The largest absolute Gasteiger partial charge is 0.323 e. The number of anilines is 1. The Kier molecular flexibility index (Phi) is 4.26. The fraction of sp³-hybridized carbons (Fsp3) is 0.688. The van der Waals surface area contributed by atoms with Gasteiger partial charge in [-0.1, -0.05) is 0 Å². The second-order valence-corrected chi connectivity index (χ2v) is 6.79. The molecule has 0 aliphatic carbocycles. The summed E-state index contributed by atoms with van der Waals surface area (Å²) in [5, 5.41) is 16.4. The van der Waals surface area contributed by atoms with E-state index in [0.717, 1.165) is 25.9 Å². The Morgan fingerprint density at radius 3 is 2.83 bits per heavy atom. The monoisotopic (exact) mass is 316 g/mol. The molecule has 1 aromatic rings. The number of hydrogen-bond acceptors (Lipinski definition) is 4. The molecule has 7 nitrogen and oxygen atoms in total. The van der Waals surface area contributed by atoms with E-state index in [0.29, 0.717) is 23.5 Å². The van der Waals surface area contributed by atoms with Gasteiger partial charge in [0.25, 0.3) is 0 Å². The SMILES string of the molecule is CC(C)n1cc(C#N)c(NC(=O)N2CCC3CCC(C2)N3C)n1. The van der Waals surface area contributed by atoms with Crippen LogP contribution in [0.3, 0.4) is 0 Å². The zero-order valence-electron chi connectivity index (χ0n) is 14.0. The zero-order valence-corrected chi connectivity index (χ0v) is 14.0.